The maximum Gasteiger partial charge on any atom is 0.319 e. The average Bonchev–Trinajstić information content (AvgIpc) is 3.66. The zero-order chi connectivity index (χ0) is 26.7. The molecule has 1 unspecified atom stereocenters. The van der Waals surface area contributed by atoms with E-state index in [2.05, 4.69) is 15.1 Å². The third-order valence-corrected chi connectivity index (χ3v) is 7.77. The Labute approximate surface area is 219 Å². The van der Waals surface area contributed by atoms with Crippen molar-refractivity contribution >= 4 is 27.6 Å². The third-order valence-electron chi connectivity index (χ3n) is 7.77. The maximum atomic E-state index is 15.5. The van der Waals surface area contributed by atoms with E-state index in [1.165, 1.54) is 6.07 Å². The monoisotopic (exact) mass is 521 g/mol. The van der Waals surface area contributed by atoms with Crippen molar-refractivity contribution in [2.45, 2.75) is 77.2 Å². The van der Waals surface area contributed by atoms with E-state index in [0.29, 0.717) is 34.2 Å². The molecule has 2 fully saturated rings. The molecular weight excluding hydrogens is 489 g/mol. The lowest BCUT2D eigenvalue weighted by atomic mass is 9.89. The van der Waals surface area contributed by atoms with Crippen LogP contribution in [0.25, 0.3) is 32.9 Å². The lowest BCUT2D eigenvalue weighted by molar-refractivity contribution is -0.0366. The molecule has 0 spiro atoms. The van der Waals surface area contributed by atoms with Crippen LogP contribution in [0.1, 0.15) is 69.2 Å². The van der Waals surface area contributed by atoms with E-state index in [0.717, 1.165) is 43.1 Å². The summed E-state index contributed by atoms with van der Waals surface area (Å²) in [6.45, 7) is 5.65. The Morgan fingerprint density at radius 3 is 2.61 bits per heavy atom. The first-order valence-corrected chi connectivity index (χ1v) is 13.2. The fourth-order valence-electron chi connectivity index (χ4n) is 5.29. The highest BCUT2D eigenvalue weighted by Gasteiger charge is 2.33. The van der Waals surface area contributed by atoms with Gasteiger partial charge in [0.1, 0.15) is 29.0 Å². The van der Waals surface area contributed by atoms with Crippen molar-refractivity contribution in [3.8, 4) is 22.9 Å². The van der Waals surface area contributed by atoms with Crippen LogP contribution in [0.2, 0.25) is 0 Å². The molecule has 9 nitrogen and oxygen atoms in total. The maximum absolute atomic E-state index is 15.5. The highest BCUT2D eigenvalue weighted by molar-refractivity contribution is 6.05. The predicted molar refractivity (Wildman–Crippen MR) is 142 cm³/mol. The molecular formula is C28H32FN5O4. The summed E-state index contributed by atoms with van der Waals surface area (Å²) in [7, 11) is 0. The minimum atomic E-state index is -0.759. The van der Waals surface area contributed by atoms with Gasteiger partial charge in [-0.1, -0.05) is 0 Å². The van der Waals surface area contributed by atoms with E-state index in [1.54, 1.807) is 31.6 Å². The Kier molecular flexibility index (Phi) is 6.11. The number of halogens is 1. The number of rotatable bonds is 6. The number of aromatic hydroxyl groups is 1. The van der Waals surface area contributed by atoms with Crippen LogP contribution in [-0.4, -0.2) is 48.8 Å². The fourth-order valence-corrected chi connectivity index (χ4v) is 5.29. The molecule has 6 rings (SSSR count). The van der Waals surface area contributed by atoms with Gasteiger partial charge in [0.15, 0.2) is 6.23 Å². The van der Waals surface area contributed by atoms with E-state index < -0.39 is 12.2 Å². The molecule has 1 saturated carbocycles. The molecule has 200 valence electrons. The number of ether oxygens (including phenoxy) is 2. The summed E-state index contributed by atoms with van der Waals surface area (Å²) >= 11 is 0. The largest absolute Gasteiger partial charge is 0.505 e. The molecule has 4 aromatic rings. The lowest BCUT2D eigenvalue weighted by Crippen LogP contribution is -2.26. The summed E-state index contributed by atoms with van der Waals surface area (Å²) in [5.41, 5.74) is 9.53. The number of benzene rings is 2. The number of aromatic nitrogens is 4. The van der Waals surface area contributed by atoms with Crippen LogP contribution in [0.4, 0.5) is 10.2 Å². The van der Waals surface area contributed by atoms with Gasteiger partial charge in [-0.3, -0.25) is 0 Å². The van der Waals surface area contributed by atoms with Crippen molar-refractivity contribution in [2.24, 2.45) is 0 Å². The van der Waals surface area contributed by atoms with Crippen molar-refractivity contribution in [1.82, 2.24) is 19.7 Å². The SMILES string of the molecule is Cc1c(F)cc2c(cnn2C2CCCCO2)c1-c1c(C2CC2)cc2c(N)nc(O[C@H](C)[C@@H](C)O)nc2c1O. The second-order valence-corrected chi connectivity index (χ2v) is 10.5. The van der Waals surface area contributed by atoms with Crippen molar-refractivity contribution in [1.29, 1.82) is 0 Å². The minimum absolute atomic E-state index is 0.0489. The van der Waals surface area contributed by atoms with Crippen LogP contribution in [0.15, 0.2) is 18.3 Å². The van der Waals surface area contributed by atoms with Gasteiger partial charge in [-0.05, 0) is 76.0 Å². The van der Waals surface area contributed by atoms with Gasteiger partial charge in [0.05, 0.1) is 17.8 Å². The molecule has 2 aliphatic rings. The Bertz CT molecular complexity index is 1540. The molecule has 10 heteroatoms. The Morgan fingerprint density at radius 2 is 1.92 bits per heavy atom. The number of phenolic OH excluding ortho intramolecular Hbond substituents is 1. The first kappa shape index (κ1) is 24.8. The summed E-state index contributed by atoms with van der Waals surface area (Å²) in [5.74, 6) is -0.122. The predicted octanol–water partition coefficient (Wildman–Crippen LogP) is 5.11. The van der Waals surface area contributed by atoms with Gasteiger partial charge < -0.3 is 25.4 Å². The van der Waals surface area contributed by atoms with E-state index in [1.807, 2.05) is 6.07 Å². The van der Waals surface area contributed by atoms with Gasteiger partial charge in [-0.2, -0.15) is 15.1 Å². The van der Waals surface area contributed by atoms with Crippen molar-refractivity contribution < 1.29 is 24.1 Å². The molecule has 0 amide bonds. The van der Waals surface area contributed by atoms with Crippen molar-refractivity contribution in [2.75, 3.05) is 12.3 Å². The van der Waals surface area contributed by atoms with Gasteiger partial charge in [-0.15, -0.1) is 0 Å². The summed E-state index contributed by atoms with van der Waals surface area (Å²) in [6, 6.07) is 3.36. The minimum Gasteiger partial charge on any atom is -0.505 e. The highest BCUT2D eigenvalue weighted by Crippen LogP contribution is 2.52. The van der Waals surface area contributed by atoms with Gasteiger partial charge >= 0.3 is 6.01 Å². The summed E-state index contributed by atoms with van der Waals surface area (Å²) in [5, 5.41) is 27.4. The zero-order valence-corrected chi connectivity index (χ0v) is 21.7. The zero-order valence-electron chi connectivity index (χ0n) is 21.7. The van der Waals surface area contributed by atoms with Gasteiger partial charge in [0, 0.05) is 34.6 Å². The van der Waals surface area contributed by atoms with Crippen LogP contribution in [0, 0.1) is 12.7 Å². The molecule has 3 heterocycles. The first-order valence-electron chi connectivity index (χ1n) is 13.2. The standard InChI is InChI=1S/C28H32FN5O4/c1-13-20(29)11-21-19(12-31-34(21)22-6-4-5-9-37-22)23(13)24-17(16-7-8-16)10-18-25(26(24)36)32-28(33-27(18)30)38-15(3)14(2)35/h10-12,14-16,22,35-36H,4-9H2,1-3H3,(H2,30,32,33)/t14-,15-,22?/m1/s1. The molecule has 2 aromatic carbocycles. The highest BCUT2D eigenvalue weighted by atomic mass is 19.1. The van der Waals surface area contributed by atoms with Crippen molar-refractivity contribution in [3.63, 3.8) is 0 Å². The fraction of sp³-hybridized carbons (Fsp3) is 0.464. The molecule has 1 saturated heterocycles. The Morgan fingerprint density at radius 1 is 1.13 bits per heavy atom. The number of hydrogen-bond donors (Lipinski definition) is 3. The molecule has 2 aromatic heterocycles. The topological polar surface area (TPSA) is 129 Å². The van der Waals surface area contributed by atoms with E-state index >= 15 is 4.39 Å². The van der Waals surface area contributed by atoms with Gasteiger partial charge in [0.2, 0.25) is 0 Å². The van der Waals surface area contributed by atoms with Crippen LogP contribution in [0.5, 0.6) is 11.8 Å². The second kappa shape index (κ2) is 9.36. The third kappa shape index (κ3) is 4.12. The van der Waals surface area contributed by atoms with E-state index in [9.17, 15) is 10.2 Å². The van der Waals surface area contributed by atoms with E-state index in [4.69, 9.17) is 15.2 Å². The molecule has 4 N–H and O–H groups in total. The second-order valence-electron chi connectivity index (χ2n) is 10.5. The number of fused-ring (bicyclic) bond motifs is 2. The quantitative estimate of drug-likeness (QED) is 0.319. The van der Waals surface area contributed by atoms with Gasteiger partial charge in [0.25, 0.3) is 0 Å². The summed E-state index contributed by atoms with van der Waals surface area (Å²) < 4.78 is 28.9. The molecule has 1 aliphatic heterocycles. The van der Waals surface area contributed by atoms with E-state index in [-0.39, 0.29) is 41.1 Å². The Balaban J connectivity index is 1.60. The van der Waals surface area contributed by atoms with Crippen LogP contribution in [0.3, 0.4) is 0 Å². The number of aliphatic hydroxyl groups is 1. The van der Waals surface area contributed by atoms with Gasteiger partial charge in [-0.25, -0.2) is 9.07 Å². The van der Waals surface area contributed by atoms with Crippen LogP contribution < -0.4 is 10.5 Å². The number of hydrogen-bond acceptors (Lipinski definition) is 8. The van der Waals surface area contributed by atoms with Crippen LogP contribution in [-0.2, 0) is 4.74 Å². The van der Waals surface area contributed by atoms with Crippen molar-refractivity contribution in [3.05, 3.63) is 35.3 Å². The molecule has 1 aliphatic carbocycles. The average molecular weight is 522 g/mol. The Hall–Kier alpha value is -3.50. The number of nitrogens with zero attached hydrogens (tertiary/aromatic N) is 4. The molecule has 0 bridgehead atoms. The summed E-state index contributed by atoms with van der Waals surface area (Å²) in [6.07, 6.45) is 4.86. The number of anilines is 1. The molecule has 38 heavy (non-hydrogen) atoms. The lowest BCUT2D eigenvalue weighted by Gasteiger charge is -2.24. The molecule has 0 radical (unpaired) electrons. The number of nitrogen functional groups attached to an aromatic ring is 1. The number of aliphatic hydroxyl groups excluding tert-OH is 1. The van der Waals surface area contributed by atoms with Crippen LogP contribution >= 0.6 is 0 Å². The number of nitrogens with two attached hydrogens (primary N) is 1. The smallest absolute Gasteiger partial charge is 0.319 e. The first-order chi connectivity index (χ1) is 18.2. The number of phenols is 1. The normalized spacial score (nSPS) is 19.7. The molecule has 3 atom stereocenters. The summed E-state index contributed by atoms with van der Waals surface area (Å²) in [4.78, 5) is 8.73.